The average molecular weight is 268 g/mol. The van der Waals surface area contributed by atoms with Gasteiger partial charge in [-0.3, -0.25) is 4.79 Å². The topological polar surface area (TPSA) is 66.8 Å². The third-order valence-electron chi connectivity index (χ3n) is 3.02. The second kappa shape index (κ2) is 5.73. The van der Waals surface area contributed by atoms with E-state index in [1.54, 1.807) is 18.2 Å². The van der Waals surface area contributed by atoms with Gasteiger partial charge in [-0.1, -0.05) is 6.07 Å². The van der Waals surface area contributed by atoms with Crippen molar-refractivity contribution in [2.45, 2.75) is 25.0 Å². The molecule has 0 spiro atoms. The molecule has 0 aliphatic carbocycles. The van der Waals surface area contributed by atoms with Crippen molar-refractivity contribution < 1.29 is 19.7 Å². The Bertz CT molecular complexity index is 447. The molecule has 98 valence electrons. The summed E-state index contributed by atoms with van der Waals surface area (Å²) in [4.78, 5) is 11.7. The number of thiol groups is 1. The second-order valence-corrected chi connectivity index (χ2v) is 4.75. The Labute approximate surface area is 111 Å². The highest BCUT2D eigenvalue weighted by molar-refractivity contribution is 7.80. The molecule has 5 heteroatoms. The van der Waals surface area contributed by atoms with E-state index in [1.165, 1.54) is 0 Å². The van der Waals surface area contributed by atoms with Gasteiger partial charge in [0, 0.05) is 6.42 Å². The zero-order valence-corrected chi connectivity index (χ0v) is 10.8. The van der Waals surface area contributed by atoms with Crippen molar-refractivity contribution >= 4 is 18.4 Å². The Balaban J connectivity index is 2.25. The lowest BCUT2D eigenvalue weighted by Crippen LogP contribution is -2.20. The molecule has 4 nitrogen and oxygen atoms in total. The molecule has 1 aromatic rings. The SMILES string of the molecule is O=C1CCOc2ccc(C(O)C(O)CCS)cc21. The van der Waals surface area contributed by atoms with Gasteiger partial charge < -0.3 is 14.9 Å². The summed E-state index contributed by atoms with van der Waals surface area (Å²) < 4.78 is 5.36. The van der Waals surface area contributed by atoms with Crippen LogP contribution in [-0.2, 0) is 0 Å². The quantitative estimate of drug-likeness (QED) is 0.721. The first kappa shape index (κ1) is 13.4. The number of benzene rings is 1. The fourth-order valence-electron chi connectivity index (χ4n) is 1.98. The van der Waals surface area contributed by atoms with Gasteiger partial charge >= 0.3 is 0 Å². The summed E-state index contributed by atoms with van der Waals surface area (Å²) in [7, 11) is 0. The number of hydrogen-bond acceptors (Lipinski definition) is 5. The van der Waals surface area contributed by atoms with Gasteiger partial charge in [0.1, 0.15) is 11.9 Å². The van der Waals surface area contributed by atoms with Crippen molar-refractivity contribution in [3.63, 3.8) is 0 Å². The van der Waals surface area contributed by atoms with Gasteiger partial charge in [-0.2, -0.15) is 12.6 Å². The van der Waals surface area contributed by atoms with E-state index in [9.17, 15) is 15.0 Å². The fourth-order valence-corrected chi connectivity index (χ4v) is 2.24. The van der Waals surface area contributed by atoms with Crippen molar-refractivity contribution in [1.82, 2.24) is 0 Å². The van der Waals surface area contributed by atoms with Crippen LogP contribution in [0.1, 0.15) is 34.9 Å². The van der Waals surface area contributed by atoms with Crippen LogP contribution in [0.2, 0.25) is 0 Å². The molecular formula is C13H16O4S. The van der Waals surface area contributed by atoms with Gasteiger partial charge in [0.15, 0.2) is 5.78 Å². The molecule has 2 atom stereocenters. The minimum absolute atomic E-state index is 0.00832. The van der Waals surface area contributed by atoms with Gasteiger partial charge in [0.05, 0.1) is 18.3 Å². The third-order valence-corrected chi connectivity index (χ3v) is 3.28. The molecule has 0 amide bonds. The van der Waals surface area contributed by atoms with Crippen molar-refractivity contribution in [2.24, 2.45) is 0 Å². The first-order valence-corrected chi connectivity index (χ1v) is 6.53. The Kier molecular flexibility index (Phi) is 4.27. The highest BCUT2D eigenvalue weighted by atomic mass is 32.1. The summed E-state index contributed by atoms with van der Waals surface area (Å²) in [6.07, 6.45) is -1.13. The first-order valence-electron chi connectivity index (χ1n) is 5.90. The molecule has 0 saturated carbocycles. The molecule has 2 unspecified atom stereocenters. The van der Waals surface area contributed by atoms with Crippen LogP contribution in [0.15, 0.2) is 18.2 Å². The lowest BCUT2D eigenvalue weighted by Gasteiger charge is -2.21. The smallest absolute Gasteiger partial charge is 0.170 e. The number of ether oxygens (including phenoxy) is 1. The summed E-state index contributed by atoms with van der Waals surface area (Å²) in [6, 6.07) is 4.94. The Hall–Kier alpha value is -1.04. The molecular weight excluding hydrogens is 252 g/mol. The number of aliphatic hydroxyl groups excluding tert-OH is 2. The molecule has 0 saturated heterocycles. The maximum absolute atomic E-state index is 11.7. The third kappa shape index (κ3) is 2.68. The van der Waals surface area contributed by atoms with E-state index in [-0.39, 0.29) is 5.78 Å². The van der Waals surface area contributed by atoms with Crippen LogP contribution in [0.25, 0.3) is 0 Å². The highest BCUT2D eigenvalue weighted by Gasteiger charge is 2.23. The Morgan fingerprint density at radius 2 is 2.17 bits per heavy atom. The number of ketones is 1. The normalized spacial score (nSPS) is 17.8. The van der Waals surface area contributed by atoms with Crippen molar-refractivity contribution in [1.29, 1.82) is 0 Å². The zero-order valence-electron chi connectivity index (χ0n) is 9.87. The molecule has 1 heterocycles. The van der Waals surface area contributed by atoms with Gasteiger partial charge in [-0.25, -0.2) is 0 Å². The number of fused-ring (bicyclic) bond motifs is 1. The van der Waals surface area contributed by atoms with Crippen molar-refractivity contribution in [2.75, 3.05) is 12.4 Å². The lowest BCUT2D eigenvalue weighted by atomic mass is 9.97. The van der Waals surface area contributed by atoms with Crippen LogP contribution in [0.5, 0.6) is 5.75 Å². The molecule has 1 aliphatic rings. The standard InChI is InChI=1S/C13H16O4S/c14-10-3-5-17-12-2-1-8(7-9(10)12)13(16)11(15)4-6-18/h1-2,7,11,13,15-16,18H,3-6H2. The summed E-state index contributed by atoms with van der Waals surface area (Å²) in [5.74, 6) is 1.05. The molecule has 0 bridgehead atoms. The van der Waals surface area contributed by atoms with Gasteiger partial charge in [0.25, 0.3) is 0 Å². The number of hydrogen-bond donors (Lipinski definition) is 3. The molecule has 0 fully saturated rings. The van der Waals surface area contributed by atoms with E-state index in [2.05, 4.69) is 12.6 Å². The minimum Gasteiger partial charge on any atom is -0.492 e. The zero-order chi connectivity index (χ0) is 13.1. The van der Waals surface area contributed by atoms with Gasteiger partial charge in [0.2, 0.25) is 0 Å². The molecule has 18 heavy (non-hydrogen) atoms. The number of carbonyl (C=O) groups is 1. The predicted octanol–water partition coefficient (Wildman–Crippen LogP) is 1.37. The number of carbonyl (C=O) groups excluding carboxylic acids is 1. The number of Topliss-reactive ketones (excluding diaryl/α,β-unsaturated/α-hetero) is 1. The molecule has 0 aromatic heterocycles. The molecule has 0 radical (unpaired) electrons. The molecule has 2 rings (SSSR count). The summed E-state index contributed by atoms with van der Waals surface area (Å²) in [6.45, 7) is 0.399. The van der Waals surface area contributed by atoms with Crippen molar-refractivity contribution in [3.8, 4) is 5.75 Å². The van der Waals surface area contributed by atoms with Crippen LogP contribution in [0.3, 0.4) is 0 Å². The minimum atomic E-state index is -1.00. The van der Waals surface area contributed by atoms with Crippen molar-refractivity contribution in [3.05, 3.63) is 29.3 Å². The summed E-state index contributed by atoms with van der Waals surface area (Å²) >= 11 is 4.02. The monoisotopic (exact) mass is 268 g/mol. The second-order valence-electron chi connectivity index (χ2n) is 4.30. The highest BCUT2D eigenvalue weighted by Crippen LogP contribution is 2.29. The number of aliphatic hydroxyl groups is 2. The van der Waals surface area contributed by atoms with E-state index < -0.39 is 12.2 Å². The Morgan fingerprint density at radius 3 is 2.89 bits per heavy atom. The van der Waals surface area contributed by atoms with Gasteiger partial charge in [-0.05, 0) is 29.9 Å². The van der Waals surface area contributed by atoms with Crippen LogP contribution in [-0.4, -0.2) is 34.5 Å². The first-order chi connectivity index (χ1) is 8.63. The summed E-state index contributed by atoms with van der Waals surface area (Å²) in [5, 5.41) is 19.7. The van der Waals surface area contributed by atoms with Crippen LogP contribution < -0.4 is 4.74 Å². The van der Waals surface area contributed by atoms with E-state index in [1.807, 2.05) is 0 Å². The van der Waals surface area contributed by atoms with Crippen LogP contribution in [0.4, 0.5) is 0 Å². The van der Waals surface area contributed by atoms with Crippen LogP contribution >= 0.6 is 12.6 Å². The molecule has 1 aliphatic heterocycles. The van der Waals surface area contributed by atoms with E-state index >= 15 is 0 Å². The predicted molar refractivity (Wildman–Crippen MR) is 70.3 cm³/mol. The fraction of sp³-hybridized carbons (Fsp3) is 0.462. The van der Waals surface area contributed by atoms with Crippen LogP contribution in [0, 0.1) is 0 Å². The lowest BCUT2D eigenvalue weighted by molar-refractivity contribution is 0.0171. The van der Waals surface area contributed by atoms with E-state index in [0.717, 1.165) is 0 Å². The molecule has 1 aromatic carbocycles. The number of rotatable bonds is 4. The molecule has 2 N–H and O–H groups in total. The maximum atomic E-state index is 11.7. The average Bonchev–Trinajstić information content (AvgIpc) is 2.38. The Morgan fingerprint density at radius 1 is 1.39 bits per heavy atom. The largest absolute Gasteiger partial charge is 0.492 e. The summed E-state index contributed by atoms with van der Waals surface area (Å²) in [5.41, 5.74) is 1.01. The maximum Gasteiger partial charge on any atom is 0.170 e. The van der Waals surface area contributed by atoms with E-state index in [0.29, 0.717) is 42.1 Å². The van der Waals surface area contributed by atoms with E-state index in [4.69, 9.17) is 4.74 Å². The van der Waals surface area contributed by atoms with Gasteiger partial charge in [-0.15, -0.1) is 0 Å².